The van der Waals surface area contributed by atoms with Crippen LogP contribution in [-0.4, -0.2) is 17.7 Å². The molecule has 4 aromatic rings. The molecule has 0 aliphatic carbocycles. The van der Waals surface area contributed by atoms with Gasteiger partial charge in [0.2, 0.25) is 5.91 Å². The van der Waals surface area contributed by atoms with Crippen LogP contribution in [0.2, 0.25) is 0 Å². The van der Waals surface area contributed by atoms with E-state index >= 15 is 0 Å². The Morgan fingerprint density at radius 1 is 0.706 bits per heavy atom. The molecule has 0 bridgehead atoms. The highest BCUT2D eigenvalue weighted by molar-refractivity contribution is 6.02. The van der Waals surface area contributed by atoms with Crippen molar-refractivity contribution in [3.8, 4) is 0 Å². The van der Waals surface area contributed by atoms with Gasteiger partial charge in [0.05, 0.1) is 18.7 Å². The number of hydrogen-bond acceptors (Lipinski definition) is 4. The summed E-state index contributed by atoms with van der Waals surface area (Å²) in [5, 5.41) is 8.52. The van der Waals surface area contributed by atoms with Crippen LogP contribution in [0.15, 0.2) is 108 Å². The van der Waals surface area contributed by atoms with Crippen LogP contribution in [0.1, 0.15) is 38.9 Å². The number of anilines is 2. The lowest BCUT2D eigenvalue weighted by molar-refractivity contribution is -0.116. The minimum Gasteiger partial charge on any atom is -0.459 e. The lowest BCUT2D eigenvalue weighted by atomic mass is 10.0. The Kier molecular flexibility index (Phi) is 7.15. The number of rotatable bonds is 8. The van der Waals surface area contributed by atoms with Gasteiger partial charge in [0, 0.05) is 16.9 Å². The first-order chi connectivity index (χ1) is 16.6. The second-order valence-corrected chi connectivity index (χ2v) is 7.57. The molecule has 1 unspecified atom stereocenters. The number of furan rings is 1. The molecule has 34 heavy (non-hydrogen) atoms. The maximum Gasteiger partial charge on any atom is 0.291 e. The van der Waals surface area contributed by atoms with E-state index in [1.165, 1.54) is 6.26 Å². The van der Waals surface area contributed by atoms with E-state index in [-0.39, 0.29) is 29.9 Å². The average Bonchev–Trinajstić information content (AvgIpc) is 3.40. The number of carbonyl (C=O) groups is 3. The van der Waals surface area contributed by atoms with Crippen LogP contribution in [0.5, 0.6) is 0 Å². The summed E-state index contributed by atoms with van der Waals surface area (Å²) >= 11 is 0. The summed E-state index contributed by atoms with van der Waals surface area (Å²) in [7, 11) is 0. The van der Waals surface area contributed by atoms with Gasteiger partial charge in [-0.1, -0.05) is 54.6 Å². The molecule has 0 aliphatic heterocycles. The quantitative estimate of drug-likeness (QED) is 0.348. The summed E-state index contributed by atoms with van der Waals surface area (Å²) in [5.41, 5.74) is 2.37. The summed E-state index contributed by atoms with van der Waals surface area (Å²) in [6, 6.07) is 27.7. The van der Waals surface area contributed by atoms with Crippen molar-refractivity contribution < 1.29 is 18.8 Å². The normalized spacial score (nSPS) is 11.3. The van der Waals surface area contributed by atoms with Crippen LogP contribution in [0.4, 0.5) is 11.4 Å². The van der Waals surface area contributed by atoms with Crippen molar-refractivity contribution in [1.29, 1.82) is 0 Å². The van der Waals surface area contributed by atoms with Gasteiger partial charge in [0.15, 0.2) is 5.76 Å². The average molecular weight is 453 g/mol. The topological polar surface area (TPSA) is 100 Å². The maximum absolute atomic E-state index is 12.9. The molecule has 3 amide bonds. The summed E-state index contributed by atoms with van der Waals surface area (Å²) < 4.78 is 5.10. The Labute approximate surface area is 196 Å². The first kappa shape index (κ1) is 22.5. The van der Waals surface area contributed by atoms with Crippen LogP contribution in [-0.2, 0) is 4.79 Å². The summed E-state index contributed by atoms with van der Waals surface area (Å²) in [6.45, 7) is 0. The Morgan fingerprint density at radius 2 is 1.38 bits per heavy atom. The van der Waals surface area contributed by atoms with Crippen molar-refractivity contribution in [1.82, 2.24) is 5.32 Å². The SMILES string of the molecule is O=C(CC(NC(=O)c1ccccc1)c1ccccc1)Nc1cccc(NC(=O)c2ccco2)c1. The summed E-state index contributed by atoms with van der Waals surface area (Å²) in [4.78, 5) is 37.8. The Balaban J connectivity index is 1.43. The van der Waals surface area contributed by atoms with Crippen molar-refractivity contribution in [2.24, 2.45) is 0 Å². The van der Waals surface area contributed by atoms with E-state index in [0.29, 0.717) is 16.9 Å². The van der Waals surface area contributed by atoms with Gasteiger partial charge in [-0.3, -0.25) is 14.4 Å². The van der Waals surface area contributed by atoms with E-state index in [0.717, 1.165) is 5.56 Å². The van der Waals surface area contributed by atoms with Crippen LogP contribution in [0.3, 0.4) is 0 Å². The van der Waals surface area contributed by atoms with Crippen LogP contribution in [0, 0.1) is 0 Å². The highest BCUT2D eigenvalue weighted by Gasteiger charge is 2.19. The molecule has 170 valence electrons. The molecule has 7 heteroatoms. The zero-order chi connectivity index (χ0) is 23.8. The zero-order valence-corrected chi connectivity index (χ0v) is 18.2. The third-order valence-corrected chi connectivity index (χ3v) is 5.08. The van der Waals surface area contributed by atoms with Gasteiger partial charge in [-0.25, -0.2) is 0 Å². The molecule has 0 fully saturated rings. The van der Waals surface area contributed by atoms with E-state index in [4.69, 9.17) is 4.42 Å². The second-order valence-electron chi connectivity index (χ2n) is 7.57. The monoisotopic (exact) mass is 453 g/mol. The van der Waals surface area contributed by atoms with Crippen molar-refractivity contribution in [3.05, 3.63) is 120 Å². The molecule has 7 nitrogen and oxygen atoms in total. The molecule has 3 N–H and O–H groups in total. The lowest BCUT2D eigenvalue weighted by Crippen LogP contribution is -2.31. The second kappa shape index (κ2) is 10.8. The number of benzene rings is 3. The van der Waals surface area contributed by atoms with E-state index < -0.39 is 6.04 Å². The van der Waals surface area contributed by atoms with Gasteiger partial charge in [-0.15, -0.1) is 0 Å². The van der Waals surface area contributed by atoms with E-state index in [1.807, 2.05) is 36.4 Å². The molecular formula is C27H23N3O4. The number of carbonyl (C=O) groups excluding carboxylic acids is 3. The molecule has 0 aliphatic rings. The fourth-order valence-corrected chi connectivity index (χ4v) is 3.44. The largest absolute Gasteiger partial charge is 0.459 e. The van der Waals surface area contributed by atoms with Gasteiger partial charge in [0.1, 0.15) is 0 Å². The van der Waals surface area contributed by atoms with Crippen molar-refractivity contribution >= 4 is 29.1 Å². The van der Waals surface area contributed by atoms with Gasteiger partial charge < -0.3 is 20.4 Å². The molecule has 0 saturated carbocycles. The Bertz CT molecular complexity index is 1260. The Hall–Kier alpha value is -4.65. The van der Waals surface area contributed by atoms with Crippen LogP contribution < -0.4 is 16.0 Å². The highest BCUT2D eigenvalue weighted by Crippen LogP contribution is 2.21. The minimum absolute atomic E-state index is 0.0333. The maximum atomic E-state index is 12.9. The molecule has 1 heterocycles. The fraction of sp³-hybridized carbons (Fsp3) is 0.0741. The molecule has 1 aromatic heterocycles. The predicted octanol–water partition coefficient (Wildman–Crippen LogP) is 5.03. The first-order valence-electron chi connectivity index (χ1n) is 10.7. The van der Waals surface area contributed by atoms with Gasteiger partial charge in [-0.2, -0.15) is 0 Å². The predicted molar refractivity (Wildman–Crippen MR) is 129 cm³/mol. The smallest absolute Gasteiger partial charge is 0.291 e. The van der Waals surface area contributed by atoms with Crippen LogP contribution in [0.25, 0.3) is 0 Å². The number of amides is 3. The summed E-state index contributed by atoms with van der Waals surface area (Å²) in [5.74, 6) is -0.739. The van der Waals surface area contributed by atoms with Crippen LogP contribution >= 0.6 is 0 Å². The molecule has 3 aromatic carbocycles. The lowest BCUT2D eigenvalue weighted by Gasteiger charge is -2.19. The molecule has 1 atom stereocenters. The first-order valence-corrected chi connectivity index (χ1v) is 10.7. The van der Waals surface area contributed by atoms with Gasteiger partial charge in [0.25, 0.3) is 11.8 Å². The summed E-state index contributed by atoms with van der Waals surface area (Å²) in [6.07, 6.45) is 1.46. The Morgan fingerprint density at radius 3 is 2.06 bits per heavy atom. The minimum atomic E-state index is -0.518. The molecule has 0 spiro atoms. The van der Waals surface area contributed by atoms with E-state index in [1.54, 1.807) is 60.7 Å². The standard InChI is InChI=1S/C27H23N3O4/c31-25(28-21-13-7-14-22(17-21)29-27(33)24-15-8-16-34-24)18-23(19-9-3-1-4-10-19)30-26(32)20-11-5-2-6-12-20/h1-17,23H,18H2,(H,28,31)(H,29,33)(H,30,32). The molecule has 0 saturated heterocycles. The third-order valence-electron chi connectivity index (χ3n) is 5.08. The number of hydrogen-bond donors (Lipinski definition) is 3. The molecular weight excluding hydrogens is 430 g/mol. The fourth-order valence-electron chi connectivity index (χ4n) is 3.44. The number of nitrogens with one attached hydrogen (secondary N) is 3. The van der Waals surface area contributed by atoms with Crippen molar-refractivity contribution in [3.63, 3.8) is 0 Å². The zero-order valence-electron chi connectivity index (χ0n) is 18.2. The molecule has 0 radical (unpaired) electrons. The highest BCUT2D eigenvalue weighted by atomic mass is 16.3. The van der Waals surface area contributed by atoms with Crippen molar-refractivity contribution in [2.75, 3.05) is 10.6 Å². The van der Waals surface area contributed by atoms with Gasteiger partial charge in [-0.05, 0) is 48.0 Å². The van der Waals surface area contributed by atoms with E-state index in [9.17, 15) is 14.4 Å². The molecule has 4 rings (SSSR count). The van der Waals surface area contributed by atoms with E-state index in [2.05, 4.69) is 16.0 Å². The third kappa shape index (κ3) is 5.98. The van der Waals surface area contributed by atoms with Crippen molar-refractivity contribution in [2.45, 2.75) is 12.5 Å². The van der Waals surface area contributed by atoms with Gasteiger partial charge >= 0.3 is 0 Å².